The van der Waals surface area contributed by atoms with Crippen LogP contribution < -0.4 is 5.32 Å². The number of hydrogen-bond donors (Lipinski definition) is 1. The molecule has 1 atom stereocenters. The molecule has 1 aromatic heterocycles. The number of nitrogens with one attached hydrogen (secondary N) is 1. The van der Waals surface area contributed by atoms with Gasteiger partial charge in [-0.2, -0.15) is 10.4 Å². The quantitative estimate of drug-likeness (QED) is 0.809. The van der Waals surface area contributed by atoms with Crippen LogP contribution in [-0.2, 0) is 13.0 Å². The summed E-state index contributed by atoms with van der Waals surface area (Å²) in [6.07, 6.45) is 5.98. The Morgan fingerprint density at radius 3 is 3.33 bits per heavy atom. The Bertz CT molecular complexity index is 374. The van der Waals surface area contributed by atoms with Crippen molar-refractivity contribution in [2.24, 2.45) is 0 Å². The van der Waals surface area contributed by atoms with Crippen molar-refractivity contribution in [2.75, 3.05) is 7.05 Å². The van der Waals surface area contributed by atoms with Crippen molar-refractivity contribution in [3.63, 3.8) is 0 Å². The molecule has 1 unspecified atom stereocenters. The molecule has 0 bridgehead atoms. The summed E-state index contributed by atoms with van der Waals surface area (Å²) in [5, 5.41) is 16.2. The van der Waals surface area contributed by atoms with Gasteiger partial charge in [-0.1, -0.05) is 0 Å². The average molecular weight is 204 g/mol. The molecule has 4 heteroatoms. The van der Waals surface area contributed by atoms with Gasteiger partial charge in [0.2, 0.25) is 0 Å². The van der Waals surface area contributed by atoms with E-state index in [1.807, 2.05) is 17.9 Å². The SMILES string of the molecule is CNC1CCCc2c1cnn2CCC#N. The Balaban J connectivity index is 2.22. The largest absolute Gasteiger partial charge is 0.313 e. The topological polar surface area (TPSA) is 53.6 Å². The number of nitrogens with zero attached hydrogens (tertiary/aromatic N) is 3. The molecule has 2 rings (SSSR count). The minimum Gasteiger partial charge on any atom is -0.313 e. The Labute approximate surface area is 89.9 Å². The third kappa shape index (κ3) is 1.88. The molecule has 1 aliphatic rings. The minimum atomic E-state index is 0.449. The summed E-state index contributed by atoms with van der Waals surface area (Å²) in [4.78, 5) is 0. The van der Waals surface area contributed by atoms with Crippen molar-refractivity contribution in [3.8, 4) is 6.07 Å². The molecule has 1 heterocycles. The maximum absolute atomic E-state index is 8.56. The van der Waals surface area contributed by atoms with E-state index < -0.39 is 0 Å². The second-order valence-corrected chi connectivity index (χ2v) is 3.91. The van der Waals surface area contributed by atoms with Gasteiger partial charge in [0, 0.05) is 17.3 Å². The lowest BCUT2D eigenvalue weighted by Crippen LogP contribution is -2.22. The molecule has 0 aromatic carbocycles. The zero-order valence-corrected chi connectivity index (χ0v) is 9.03. The number of aromatic nitrogens is 2. The van der Waals surface area contributed by atoms with Crippen LogP contribution in [0.3, 0.4) is 0 Å². The van der Waals surface area contributed by atoms with Crippen molar-refractivity contribution >= 4 is 0 Å². The van der Waals surface area contributed by atoms with E-state index in [9.17, 15) is 0 Å². The van der Waals surface area contributed by atoms with Crippen molar-refractivity contribution in [3.05, 3.63) is 17.5 Å². The first-order valence-corrected chi connectivity index (χ1v) is 5.45. The first-order chi connectivity index (χ1) is 7.36. The summed E-state index contributed by atoms with van der Waals surface area (Å²) >= 11 is 0. The van der Waals surface area contributed by atoms with E-state index >= 15 is 0 Å². The van der Waals surface area contributed by atoms with Gasteiger partial charge in [0.05, 0.1) is 25.2 Å². The molecule has 1 aliphatic carbocycles. The number of fused-ring (bicyclic) bond motifs is 1. The summed E-state index contributed by atoms with van der Waals surface area (Å²) in [5.41, 5.74) is 2.64. The molecule has 80 valence electrons. The molecule has 1 aromatic rings. The highest BCUT2D eigenvalue weighted by Gasteiger charge is 2.22. The summed E-state index contributed by atoms with van der Waals surface area (Å²) in [5.74, 6) is 0. The van der Waals surface area contributed by atoms with Crippen molar-refractivity contribution < 1.29 is 0 Å². The van der Waals surface area contributed by atoms with Crippen LogP contribution in [0, 0.1) is 11.3 Å². The van der Waals surface area contributed by atoms with Gasteiger partial charge < -0.3 is 5.32 Å². The zero-order valence-electron chi connectivity index (χ0n) is 9.03. The molecule has 0 aliphatic heterocycles. The first-order valence-electron chi connectivity index (χ1n) is 5.45. The predicted octanol–water partition coefficient (Wildman–Crippen LogP) is 1.39. The van der Waals surface area contributed by atoms with Crippen LogP contribution in [0.4, 0.5) is 0 Å². The van der Waals surface area contributed by atoms with E-state index in [-0.39, 0.29) is 0 Å². The monoisotopic (exact) mass is 204 g/mol. The standard InChI is InChI=1S/C11H16N4/c1-13-10-4-2-5-11-9(10)8-14-15(11)7-3-6-12/h8,10,13H,2-5,7H2,1H3. The summed E-state index contributed by atoms with van der Waals surface area (Å²) in [6.45, 7) is 0.724. The Morgan fingerprint density at radius 1 is 1.73 bits per heavy atom. The van der Waals surface area contributed by atoms with Crippen molar-refractivity contribution in [1.29, 1.82) is 5.26 Å². The van der Waals surface area contributed by atoms with Gasteiger partial charge in [0.15, 0.2) is 0 Å². The highest BCUT2D eigenvalue weighted by Crippen LogP contribution is 2.29. The summed E-state index contributed by atoms with van der Waals surface area (Å²) in [7, 11) is 1.99. The van der Waals surface area contributed by atoms with Crippen LogP contribution >= 0.6 is 0 Å². The van der Waals surface area contributed by atoms with Gasteiger partial charge in [0.1, 0.15) is 0 Å². The number of nitriles is 1. The van der Waals surface area contributed by atoms with Gasteiger partial charge in [-0.05, 0) is 26.3 Å². The van der Waals surface area contributed by atoms with Gasteiger partial charge in [-0.25, -0.2) is 0 Å². The number of rotatable bonds is 3. The molecule has 4 nitrogen and oxygen atoms in total. The van der Waals surface area contributed by atoms with E-state index in [2.05, 4.69) is 16.5 Å². The maximum Gasteiger partial charge on any atom is 0.0641 e. The zero-order chi connectivity index (χ0) is 10.7. The van der Waals surface area contributed by atoms with Crippen LogP contribution in [0.15, 0.2) is 6.20 Å². The lowest BCUT2D eigenvalue weighted by molar-refractivity contribution is 0.476. The fraction of sp³-hybridized carbons (Fsp3) is 0.636. The minimum absolute atomic E-state index is 0.449. The average Bonchev–Trinajstić information content (AvgIpc) is 2.69. The van der Waals surface area contributed by atoms with Crippen LogP contribution in [0.5, 0.6) is 0 Å². The molecule has 0 spiro atoms. The van der Waals surface area contributed by atoms with Crippen LogP contribution in [0.1, 0.15) is 36.6 Å². The van der Waals surface area contributed by atoms with Gasteiger partial charge in [-0.15, -0.1) is 0 Å². The Morgan fingerprint density at radius 2 is 2.60 bits per heavy atom. The second kappa shape index (κ2) is 4.45. The highest BCUT2D eigenvalue weighted by atomic mass is 15.3. The fourth-order valence-corrected chi connectivity index (χ4v) is 2.27. The molecule has 0 fully saturated rings. The lowest BCUT2D eigenvalue weighted by Gasteiger charge is -2.22. The van der Waals surface area contributed by atoms with Gasteiger partial charge in [0.25, 0.3) is 0 Å². The molecule has 15 heavy (non-hydrogen) atoms. The lowest BCUT2D eigenvalue weighted by atomic mass is 9.93. The van der Waals surface area contributed by atoms with E-state index in [4.69, 9.17) is 5.26 Å². The number of hydrogen-bond acceptors (Lipinski definition) is 3. The predicted molar refractivity (Wildman–Crippen MR) is 57.2 cm³/mol. The molecule has 0 saturated heterocycles. The molecule has 0 amide bonds. The van der Waals surface area contributed by atoms with Crippen LogP contribution in [0.2, 0.25) is 0 Å². The number of aryl methyl sites for hydroxylation is 1. The van der Waals surface area contributed by atoms with E-state index in [0.29, 0.717) is 12.5 Å². The molecular weight excluding hydrogens is 188 g/mol. The smallest absolute Gasteiger partial charge is 0.0641 e. The Hall–Kier alpha value is -1.34. The molecule has 0 saturated carbocycles. The molecular formula is C11H16N4. The van der Waals surface area contributed by atoms with Gasteiger partial charge >= 0.3 is 0 Å². The maximum atomic E-state index is 8.56. The molecule has 1 N–H and O–H groups in total. The van der Waals surface area contributed by atoms with Gasteiger partial charge in [-0.3, -0.25) is 4.68 Å². The third-order valence-electron chi connectivity index (χ3n) is 3.05. The van der Waals surface area contributed by atoms with Crippen LogP contribution in [-0.4, -0.2) is 16.8 Å². The van der Waals surface area contributed by atoms with E-state index in [0.717, 1.165) is 13.0 Å². The Kier molecular flexibility index (Phi) is 3.02. The molecule has 0 radical (unpaired) electrons. The highest BCUT2D eigenvalue weighted by molar-refractivity contribution is 5.24. The summed E-state index contributed by atoms with van der Waals surface area (Å²) < 4.78 is 1.99. The third-order valence-corrected chi connectivity index (χ3v) is 3.05. The van der Waals surface area contributed by atoms with E-state index in [1.165, 1.54) is 24.1 Å². The normalized spacial score (nSPS) is 19.6. The van der Waals surface area contributed by atoms with Crippen molar-refractivity contribution in [1.82, 2.24) is 15.1 Å². The van der Waals surface area contributed by atoms with Crippen LogP contribution in [0.25, 0.3) is 0 Å². The van der Waals surface area contributed by atoms with Crippen molar-refractivity contribution in [2.45, 2.75) is 38.3 Å². The fourth-order valence-electron chi connectivity index (χ4n) is 2.27. The summed E-state index contributed by atoms with van der Waals surface area (Å²) in [6, 6.07) is 2.61. The van der Waals surface area contributed by atoms with E-state index in [1.54, 1.807) is 0 Å². The first kappa shape index (κ1) is 10.2. The second-order valence-electron chi connectivity index (χ2n) is 3.91.